The number of rotatable bonds is 13. The predicted octanol–water partition coefficient (Wildman–Crippen LogP) is 3.90. The summed E-state index contributed by atoms with van der Waals surface area (Å²) in [5.74, 6) is 0.655. The average Bonchev–Trinajstić information content (AvgIpc) is 3.25. The Bertz CT molecular complexity index is 1940. The smallest absolute Gasteiger partial charge is 0.305 e. The third kappa shape index (κ3) is 25.5. The molecule has 2 N–H and O–H groups in total. The molecule has 0 unspecified atom stereocenters. The highest BCUT2D eigenvalue weighted by Gasteiger charge is 2.26. The minimum atomic E-state index is -3.47. The summed E-state index contributed by atoms with van der Waals surface area (Å²) in [6, 6.07) is 10.9. The lowest BCUT2D eigenvalue weighted by Gasteiger charge is -2.26. The van der Waals surface area contributed by atoms with Gasteiger partial charge in [0.25, 0.3) is 0 Å². The van der Waals surface area contributed by atoms with Gasteiger partial charge in [0, 0.05) is 127 Å². The monoisotopic (exact) mass is 924 g/mol. The van der Waals surface area contributed by atoms with E-state index in [4.69, 9.17) is 27.9 Å². The molecule has 0 atom stereocenters. The lowest BCUT2D eigenvalue weighted by Crippen LogP contribution is -2.47. The van der Waals surface area contributed by atoms with Gasteiger partial charge in [0.2, 0.25) is 20.0 Å². The second kappa shape index (κ2) is 30.0. The molecule has 6 rings (SSSR count). The molecular weight excluding hydrogens is 868 g/mol. The van der Waals surface area contributed by atoms with E-state index in [1.165, 1.54) is 14.9 Å². The maximum absolute atomic E-state index is 12.1. The molecule has 0 aliphatic carbocycles. The van der Waals surface area contributed by atoms with Gasteiger partial charge in [0.1, 0.15) is 23.2 Å². The van der Waals surface area contributed by atoms with Gasteiger partial charge in [0.15, 0.2) is 0 Å². The molecule has 2 fully saturated rings. The lowest BCUT2D eigenvalue weighted by molar-refractivity contribution is -0.143. The summed E-state index contributed by atoms with van der Waals surface area (Å²) in [5, 5.41) is 7.55. The number of nitrogens with zero attached hydrogens (tertiary/aromatic N) is 8. The van der Waals surface area contributed by atoms with Gasteiger partial charge in [-0.25, -0.2) is 36.8 Å². The number of aryl methyl sites for hydroxylation is 4. The first-order valence-electron chi connectivity index (χ1n) is 19.8. The second-order valence-electron chi connectivity index (χ2n) is 13.4. The van der Waals surface area contributed by atoms with E-state index < -0.39 is 25.8 Å². The van der Waals surface area contributed by atoms with Crippen molar-refractivity contribution in [2.24, 2.45) is 0 Å². The molecule has 17 nitrogen and oxygen atoms in total. The van der Waals surface area contributed by atoms with E-state index in [-0.39, 0.29) is 18.2 Å². The van der Waals surface area contributed by atoms with Gasteiger partial charge >= 0.3 is 5.97 Å². The Morgan fingerprint density at radius 1 is 0.672 bits per heavy atom. The minimum absolute atomic E-state index is 0.150. The summed E-state index contributed by atoms with van der Waals surface area (Å²) in [4.78, 5) is 46.9. The zero-order valence-electron chi connectivity index (χ0n) is 35.2. The summed E-state index contributed by atoms with van der Waals surface area (Å²) in [6.07, 6.45) is 14.5. The topological polar surface area (TPSA) is 220 Å². The largest absolute Gasteiger partial charge is 0.466 e. The molecule has 0 spiro atoms. The van der Waals surface area contributed by atoms with E-state index in [2.05, 4.69) is 40.5 Å². The van der Waals surface area contributed by atoms with Crippen LogP contribution in [0.1, 0.15) is 55.6 Å². The van der Waals surface area contributed by atoms with E-state index in [1.807, 2.05) is 38.1 Å². The number of halogens is 2. The second-order valence-corrected chi connectivity index (χ2v) is 18.3. The van der Waals surface area contributed by atoms with Crippen LogP contribution in [0.4, 0.5) is 0 Å². The van der Waals surface area contributed by atoms with Crippen molar-refractivity contribution in [2.75, 3.05) is 71.0 Å². The highest BCUT2D eigenvalue weighted by molar-refractivity contribution is 7.89. The highest BCUT2D eigenvalue weighted by atomic mass is 35.5. The van der Waals surface area contributed by atoms with Crippen molar-refractivity contribution < 1.29 is 31.2 Å². The van der Waals surface area contributed by atoms with Crippen LogP contribution in [-0.4, -0.2) is 138 Å². The first kappa shape index (κ1) is 53.1. The molecular formula is C40H58Cl2N10O7S2. The number of aromatic nitrogens is 6. The van der Waals surface area contributed by atoms with Crippen molar-refractivity contribution in [3.8, 4) is 0 Å². The summed E-state index contributed by atoms with van der Waals surface area (Å²) < 4.78 is 53.6. The molecule has 0 aromatic carbocycles. The fourth-order valence-corrected chi connectivity index (χ4v) is 7.69. The van der Waals surface area contributed by atoms with Gasteiger partial charge in [-0.2, -0.15) is 8.61 Å². The van der Waals surface area contributed by atoms with Crippen molar-refractivity contribution in [1.29, 1.82) is 0 Å². The Morgan fingerprint density at radius 2 is 1.10 bits per heavy atom. The van der Waals surface area contributed by atoms with Gasteiger partial charge in [-0.1, -0.05) is 23.2 Å². The predicted molar refractivity (Wildman–Crippen MR) is 237 cm³/mol. The molecule has 4 aromatic heterocycles. The summed E-state index contributed by atoms with van der Waals surface area (Å²) in [7, 11) is -6.40. The van der Waals surface area contributed by atoms with Crippen LogP contribution in [0.3, 0.4) is 0 Å². The molecule has 21 heteroatoms. The van der Waals surface area contributed by atoms with Crippen LogP contribution in [0.2, 0.25) is 10.0 Å². The molecule has 6 heterocycles. The van der Waals surface area contributed by atoms with Crippen LogP contribution in [0.25, 0.3) is 0 Å². The first-order valence-corrected chi connectivity index (χ1v) is 24.0. The molecule has 0 saturated carbocycles. The highest BCUT2D eigenvalue weighted by Crippen LogP contribution is 2.08. The van der Waals surface area contributed by atoms with Crippen molar-refractivity contribution in [2.45, 2.75) is 59.3 Å². The summed E-state index contributed by atoms with van der Waals surface area (Å²) >= 11 is 11.1. The lowest BCUT2D eigenvalue weighted by atomic mass is 10.2. The van der Waals surface area contributed by atoms with Crippen LogP contribution in [0.5, 0.6) is 0 Å². The Hall–Kier alpha value is -4.08. The number of carbonyl (C=O) groups is 2. The third-order valence-corrected chi connectivity index (χ3v) is 11.9. The molecule has 2 aliphatic rings. The summed E-state index contributed by atoms with van der Waals surface area (Å²) in [6.45, 7) is 11.0. The number of carbonyl (C=O) groups excluding carboxylic acids is 2. The van der Waals surface area contributed by atoms with Gasteiger partial charge in [0.05, 0.1) is 22.9 Å². The van der Waals surface area contributed by atoms with Gasteiger partial charge in [-0.05, 0) is 70.0 Å². The number of ketones is 1. The molecule has 0 amide bonds. The Balaban J connectivity index is 0.000000278. The van der Waals surface area contributed by atoms with Crippen molar-refractivity contribution in [3.05, 3.63) is 107 Å². The Kier molecular flexibility index (Phi) is 26.1. The standard InChI is InChI=1S/C13H20N4O3S.C10H14N2O2.2C6H6ClN.C5H12N2O2S/c18-12(3-1-4-13-15-5-2-6-16-13)11-21(19,20)17-9-7-14-8-10-17;1-2-14-10(13)6-3-5-9-11-7-4-8-12-9;2*1-5-2-3-6(7)4-8-5;1-10(8,9)7-4-2-6-3-5-7/h2,5-6,14H,1,3-4,7-11H2;4,7-8H,2-3,5-6H2,1H3;2*2-4H,1H3;6H,2-5H2,1H3. The van der Waals surface area contributed by atoms with E-state index in [0.29, 0.717) is 81.0 Å². The molecule has 0 bridgehead atoms. The molecule has 4 aromatic rings. The minimum Gasteiger partial charge on any atom is -0.466 e. The molecule has 0 radical (unpaired) electrons. The van der Waals surface area contributed by atoms with E-state index in [9.17, 15) is 26.4 Å². The number of hydrogen-bond acceptors (Lipinski definition) is 15. The molecule has 61 heavy (non-hydrogen) atoms. The molecule has 336 valence electrons. The number of esters is 1. The number of piperazine rings is 2. The van der Waals surface area contributed by atoms with Gasteiger partial charge in [-0.3, -0.25) is 19.6 Å². The SMILES string of the molecule is CCOC(=O)CCCc1ncccn1.CS(=O)(=O)N1CCNCC1.Cc1ccc(Cl)cn1.Cc1ccc(Cl)cn1.O=C(CCCc1ncccn1)CS(=O)(=O)N1CCNCC1. The van der Waals surface area contributed by atoms with Crippen LogP contribution in [0, 0.1) is 13.8 Å². The van der Waals surface area contributed by atoms with Crippen molar-refractivity contribution in [3.63, 3.8) is 0 Å². The normalized spacial score (nSPS) is 14.2. The maximum Gasteiger partial charge on any atom is 0.305 e. The first-order chi connectivity index (χ1) is 29.1. The Morgan fingerprint density at radius 3 is 1.46 bits per heavy atom. The average molecular weight is 926 g/mol. The van der Waals surface area contributed by atoms with Crippen molar-refractivity contribution >= 4 is 55.0 Å². The number of sulfonamides is 2. The zero-order chi connectivity index (χ0) is 44.9. The van der Waals surface area contributed by atoms with Gasteiger partial charge < -0.3 is 15.4 Å². The van der Waals surface area contributed by atoms with E-state index in [1.54, 1.807) is 56.2 Å². The quantitative estimate of drug-likeness (QED) is 0.182. The fraction of sp³-hybridized carbons (Fsp3) is 0.500. The maximum atomic E-state index is 12.1. The van der Waals surface area contributed by atoms with Crippen LogP contribution < -0.4 is 10.6 Å². The van der Waals surface area contributed by atoms with Crippen molar-refractivity contribution in [1.82, 2.24) is 49.1 Å². The Labute approximate surface area is 370 Å². The number of pyridine rings is 2. The number of Topliss-reactive ketones (excluding diaryl/α,β-unsaturated/α-hetero) is 1. The number of nitrogens with one attached hydrogen (secondary N) is 2. The van der Waals surface area contributed by atoms with E-state index >= 15 is 0 Å². The zero-order valence-corrected chi connectivity index (χ0v) is 38.4. The third-order valence-electron chi connectivity index (χ3n) is 8.29. The molecule has 2 aliphatic heterocycles. The van der Waals surface area contributed by atoms with Gasteiger partial charge in [-0.15, -0.1) is 0 Å². The number of ether oxygens (including phenoxy) is 1. The van der Waals surface area contributed by atoms with Crippen LogP contribution >= 0.6 is 23.2 Å². The fourth-order valence-electron chi connectivity index (χ4n) is 5.15. The van der Waals surface area contributed by atoms with Crippen LogP contribution in [0.15, 0.2) is 73.6 Å². The number of hydrogen-bond donors (Lipinski definition) is 2. The summed E-state index contributed by atoms with van der Waals surface area (Å²) in [5.41, 5.74) is 1.99. The van der Waals surface area contributed by atoms with Crippen LogP contribution in [-0.2, 0) is 47.2 Å². The van der Waals surface area contributed by atoms with E-state index in [0.717, 1.165) is 43.1 Å². The molecule has 2 saturated heterocycles.